The molecule has 4 aliphatic rings. The Bertz CT molecular complexity index is 2640. The molecule has 3 saturated heterocycles. The first kappa shape index (κ1) is 58.5. The van der Waals surface area contributed by atoms with Gasteiger partial charge in [0.1, 0.15) is 60.9 Å². The summed E-state index contributed by atoms with van der Waals surface area (Å²) < 4.78 is 252. The van der Waals surface area contributed by atoms with Gasteiger partial charge >= 0.3 is 74.1 Å². The minimum atomic E-state index is -5.99. The van der Waals surface area contributed by atoms with Crippen LogP contribution in [-0.4, -0.2) is 232 Å². The van der Waals surface area contributed by atoms with Gasteiger partial charge in [0.25, 0.3) is 6.29 Å². The number of aliphatic carboxylic acids is 2. The fourth-order valence-corrected chi connectivity index (χ4v) is 8.98. The molecular weight excluding hydrogens is 1100 g/mol. The van der Waals surface area contributed by atoms with E-state index in [4.69, 9.17) is 37.7 Å². The molecule has 0 spiro atoms. The van der Waals surface area contributed by atoms with Crippen LogP contribution in [0.3, 0.4) is 0 Å². The lowest BCUT2D eigenvalue weighted by atomic mass is 9.95. The number of rotatable bonds is 22. The number of carboxylic acids is 2. The molecule has 4 heterocycles. The van der Waals surface area contributed by atoms with Gasteiger partial charge in [0.2, 0.25) is 5.76 Å². The second-order valence-electron chi connectivity index (χ2n) is 13.7. The van der Waals surface area contributed by atoms with Crippen molar-refractivity contribution in [2.24, 2.45) is 0 Å². The van der Waals surface area contributed by atoms with E-state index in [1.54, 1.807) is 0 Å². The zero-order valence-electron chi connectivity index (χ0n) is 32.8. The van der Waals surface area contributed by atoms with E-state index in [-0.39, 0.29) is 0 Å². The van der Waals surface area contributed by atoms with Crippen LogP contribution in [0.15, 0.2) is 23.7 Å². The van der Waals surface area contributed by atoms with Crippen molar-refractivity contribution in [1.82, 2.24) is 9.44 Å². The molecule has 14 N–H and O–H groups in total. The van der Waals surface area contributed by atoms with Gasteiger partial charge in [-0.3, -0.25) is 27.3 Å². The molecule has 3 fully saturated rings. The minimum absolute atomic E-state index is 0.469. The summed E-state index contributed by atoms with van der Waals surface area (Å²) >= 11 is 0. The first-order chi connectivity index (χ1) is 31.2. The van der Waals surface area contributed by atoms with Crippen molar-refractivity contribution in [2.75, 3.05) is 13.2 Å². The number of aliphatic hydroxyl groups is 4. The summed E-state index contributed by atoms with van der Waals surface area (Å²) in [5.74, 6) is -6.61. The van der Waals surface area contributed by atoms with Crippen LogP contribution in [0.1, 0.15) is 0 Å². The summed E-state index contributed by atoms with van der Waals surface area (Å²) in [5, 5.41) is 63.8. The second kappa shape index (κ2) is 21.9. The van der Waals surface area contributed by atoms with Crippen molar-refractivity contribution in [3.8, 4) is 0 Å². The highest BCUT2D eigenvalue weighted by molar-refractivity contribution is 7.84. The average molecular weight is 1140 g/mol. The van der Waals surface area contributed by atoms with Crippen molar-refractivity contribution in [1.29, 1.82) is 0 Å². The van der Waals surface area contributed by atoms with Crippen LogP contribution in [0.4, 0.5) is 0 Å². The molecule has 0 aromatic heterocycles. The van der Waals surface area contributed by atoms with E-state index < -0.39 is 197 Å². The lowest BCUT2D eigenvalue weighted by Gasteiger charge is -2.49. The van der Waals surface area contributed by atoms with Crippen molar-refractivity contribution in [3.63, 3.8) is 0 Å². The van der Waals surface area contributed by atoms with Crippen LogP contribution in [0.2, 0.25) is 0 Å². The summed E-state index contributed by atoms with van der Waals surface area (Å²) in [4.78, 5) is 24.3. The predicted molar refractivity (Wildman–Crippen MR) is 198 cm³/mol. The number of allylic oxidation sites excluding steroid dienone is 2. The van der Waals surface area contributed by atoms with Crippen molar-refractivity contribution in [3.05, 3.63) is 23.7 Å². The van der Waals surface area contributed by atoms with Gasteiger partial charge < -0.3 is 68.0 Å². The Morgan fingerprint density at radius 1 is 0.565 bits per heavy atom. The van der Waals surface area contributed by atoms with Crippen LogP contribution in [0.25, 0.3) is 0 Å². The maximum atomic E-state index is 12.7. The number of carboxylic acid groups (broad SMARTS) is 2. The van der Waals surface area contributed by atoms with Crippen LogP contribution in [0, 0.1) is 0 Å². The summed E-state index contributed by atoms with van der Waals surface area (Å²) in [6.07, 6.45) is -37.6. The summed E-state index contributed by atoms with van der Waals surface area (Å²) in [6, 6.07) is -5.24. The van der Waals surface area contributed by atoms with E-state index in [0.29, 0.717) is 12.2 Å². The SMILES string of the molecule is O=C(O)C1=CC=C(OS(=O)(=O)O)[C@H](O[C@H]2[C@H](O)[C@@H](NS(=O)(=O)O)C(O[C@H]3[C@H](O)[C@@H](OS(=O)(=O)O)[C@H](O[C@H]4[C@H](O)[C@@H](NS(=O)(=O)O)C(O)O[C@@H]4COS(=O)(=O)O)O[C@@H]3C(=O)O)O[C@@H]2COS(=O)(=O)O)O1. The highest BCUT2D eigenvalue weighted by Crippen LogP contribution is 2.36. The molecule has 39 nitrogen and oxygen atoms in total. The van der Waals surface area contributed by atoms with Gasteiger partial charge in [0, 0.05) is 0 Å². The summed E-state index contributed by atoms with van der Waals surface area (Å²) in [6.45, 7) is -3.21. The van der Waals surface area contributed by atoms with E-state index in [0.717, 1.165) is 0 Å². The largest absolute Gasteiger partial charge is 0.479 e. The molecule has 0 radical (unpaired) electrons. The monoisotopic (exact) mass is 1140 g/mol. The third-order valence-corrected chi connectivity index (χ3v) is 11.7. The minimum Gasteiger partial charge on any atom is -0.479 e. The number of carbonyl (C=O) groups is 2. The normalized spacial score (nSPS) is 35.3. The fraction of sp³-hybridized carbons (Fsp3) is 0.750. The smallest absolute Gasteiger partial charge is 0.446 e. The van der Waals surface area contributed by atoms with E-state index in [1.807, 2.05) is 0 Å². The molecule has 4 aliphatic heterocycles. The van der Waals surface area contributed by atoms with Crippen LogP contribution >= 0.6 is 0 Å². The third-order valence-electron chi connectivity index (χ3n) is 8.84. The first-order valence-corrected chi connectivity index (χ1v) is 25.8. The van der Waals surface area contributed by atoms with Crippen LogP contribution in [-0.2, 0) is 122 Å². The molecule has 4 rings (SSSR count). The topological polar surface area (TPSA) is 607 Å². The second-order valence-corrected chi connectivity index (χ2v) is 20.3. The Morgan fingerprint density at radius 2 is 1.06 bits per heavy atom. The molecular formula is C24H36N2O37S6. The molecule has 0 saturated carbocycles. The van der Waals surface area contributed by atoms with Crippen LogP contribution < -0.4 is 9.44 Å². The molecule has 0 aromatic rings. The fourth-order valence-electron chi connectivity index (χ4n) is 6.31. The molecule has 16 atom stereocenters. The van der Waals surface area contributed by atoms with Crippen molar-refractivity contribution < 1.29 is 168 Å². The maximum Gasteiger partial charge on any atom is 0.446 e. The Labute approximate surface area is 385 Å². The van der Waals surface area contributed by atoms with Gasteiger partial charge in [-0.15, -0.1) is 0 Å². The number of hydrogen-bond donors (Lipinski definition) is 14. The van der Waals surface area contributed by atoms with E-state index in [1.165, 1.54) is 9.44 Å². The molecule has 0 aromatic carbocycles. The van der Waals surface area contributed by atoms with Gasteiger partial charge in [-0.05, 0) is 12.2 Å². The van der Waals surface area contributed by atoms with Gasteiger partial charge in [-0.2, -0.15) is 60.0 Å². The zero-order chi connectivity index (χ0) is 52.6. The quantitative estimate of drug-likeness (QED) is 0.0448. The van der Waals surface area contributed by atoms with Gasteiger partial charge in [-0.25, -0.2) is 22.1 Å². The highest BCUT2D eigenvalue weighted by atomic mass is 32.3. The van der Waals surface area contributed by atoms with E-state index in [2.05, 4.69) is 16.7 Å². The Morgan fingerprint density at radius 3 is 1.54 bits per heavy atom. The van der Waals surface area contributed by atoms with E-state index >= 15 is 0 Å². The highest BCUT2D eigenvalue weighted by Gasteiger charge is 2.58. The third kappa shape index (κ3) is 17.3. The number of ether oxygens (including phenoxy) is 7. The first-order valence-electron chi connectivity index (χ1n) is 17.5. The molecule has 69 heavy (non-hydrogen) atoms. The standard InChI is InChI=1S/C24H36N2O37S6/c27-11-9(25-64(35,36)37)21(34)55-7(3-53-66(41,42)43)14(11)59-24-17(63-69(50,51)52)13(29)16(18(61-24)20(32)33)60-23-10(26-65(38,39)40)12(28)15(8(57-23)4-54-67(44,45)46)58-22-6(62-68(47,48)49)2-1-5(56-22)19(30)31/h1-2,7-18,21-29,34H,3-4H2,(H,30,31)(H,32,33)(H,35,36,37)(H,38,39,40)(H,41,42,43)(H,44,45,46)(H,47,48,49)(H,50,51,52)/t7-,8-,9-,10-,11-,12-,13+,14-,15-,16+,17-,18+,21?,22+,23?,24-/m1/s1. The molecule has 0 amide bonds. The molecule has 2 unspecified atom stereocenters. The Hall–Kier alpha value is -3.12. The van der Waals surface area contributed by atoms with Gasteiger partial charge in [-0.1, -0.05) is 0 Å². The molecule has 400 valence electrons. The summed E-state index contributed by atoms with van der Waals surface area (Å²) in [5.41, 5.74) is 0. The lowest BCUT2D eigenvalue weighted by Crippen LogP contribution is -2.70. The number of aliphatic hydroxyl groups excluding tert-OH is 4. The maximum absolute atomic E-state index is 12.7. The number of hydrogen-bond acceptors (Lipinski definition) is 29. The Balaban J connectivity index is 1.79. The van der Waals surface area contributed by atoms with Gasteiger partial charge in [0.05, 0.1) is 13.2 Å². The number of nitrogens with one attached hydrogen (secondary N) is 2. The average Bonchev–Trinajstić information content (AvgIpc) is 3.15. The molecule has 0 aliphatic carbocycles. The Kier molecular flexibility index (Phi) is 18.6. The van der Waals surface area contributed by atoms with Crippen molar-refractivity contribution in [2.45, 2.75) is 98.3 Å². The summed E-state index contributed by atoms with van der Waals surface area (Å²) in [7, 11) is -33.8. The predicted octanol–water partition coefficient (Wildman–Crippen LogP) is -9.15. The van der Waals surface area contributed by atoms with E-state index in [9.17, 15) is 113 Å². The molecule has 45 heteroatoms. The van der Waals surface area contributed by atoms with Gasteiger partial charge in [0.15, 0.2) is 36.8 Å². The molecule has 0 bridgehead atoms. The zero-order valence-corrected chi connectivity index (χ0v) is 37.7. The van der Waals surface area contributed by atoms with Crippen LogP contribution in [0.5, 0.6) is 0 Å². The lowest BCUT2D eigenvalue weighted by molar-refractivity contribution is -0.360. The van der Waals surface area contributed by atoms with Crippen molar-refractivity contribution >= 4 is 74.1 Å².